The van der Waals surface area contributed by atoms with Crippen molar-refractivity contribution in [1.82, 2.24) is 0 Å². The number of hydrogen-bond donors (Lipinski definition) is 3. The van der Waals surface area contributed by atoms with Gasteiger partial charge in [-0.2, -0.15) is 0 Å². The topological polar surface area (TPSA) is 92.8 Å². The van der Waals surface area contributed by atoms with E-state index in [1.54, 1.807) is 12.1 Å². The first-order valence-corrected chi connectivity index (χ1v) is 7.41. The molecule has 0 heterocycles. The molecule has 5 nitrogen and oxygen atoms in total. The molecule has 6 heteroatoms. The summed E-state index contributed by atoms with van der Waals surface area (Å²) >= 11 is 0. The van der Waals surface area contributed by atoms with Gasteiger partial charge in [0.1, 0.15) is 6.61 Å². The van der Waals surface area contributed by atoms with Crippen LogP contribution in [-0.4, -0.2) is 29.3 Å². The second kappa shape index (κ2) is 10.2. The Kier molecular flexibility index (Phi) is 8.26. The number of phenols is 2. The van der Waals surface area contributed by atoms with E-state index in [0.29, 0.717) is 5.56 Å². The van der Waals surface area contributed by atoms with Crippen molar-refractivity contribution in [3.8, 4) is 11.5 Å². The van der Waals surface area contributed by atoms with Crippen molar-refractivity contribution in [1.29, 1.82) is 0 Å². The Morgan fingerprint density at radius 3 is 2.40 bits per heavy atom. The number of phenolic OH excluding ortho intramolecular Hbond substituents is 2. The van der Waals surface area contributed by atoms with E-state index in [0.717, 1.165) is 5.56 Å². The highest BCUT2D eigenvalue weighted by Crippen LogP contribution is 2.25. The van der Waals surface area contributed by atoms with Crippen LogP contribution in [0.4, 0.5) is 0 Å². The molecule has 2 aromatic rings. The summed E-state index contributed by atoms with van der Waals surface area (Å²) in [6, 6.07) is 13.9. The highest BCUT2D eigenvalue weighted by molar-refractivity contribution is 5.94. The van der Waals surface area contributed by atoms with Gasteiger partial charge >= 0.3 is 5.97 Å². The molecule has 4 N–H and O–H groups in total. The molecule has 2 aromatic carbocycles. The molecule has 0 saturated carbocycles. The molecule has 0 unspecified atom stereocenters. The number of rotatable bonds is 6. The summed E-state index contributed by atoms with van der Waals surface area (Å²) in [5.41, 5.74) is 7.42. The van der Waals surface area contributed by atoms with Crippen LogP contribution in [0.3, 0.4) is 0 Å². The van der Waals surface area contributed by atoms with Crippen molar-refractivity contribution in [3.63, 3.8) is 0 Å². The molecule has 0 fully saturated rings. The molecule has 0 aliphatic carbocycles. The quantitative estimate of drug-likeness (QED) is 0.417. The minimum absolute atomic E-state index is 0. The first-order valence-electron chi connectivity index (χ1n) is 7.41. The lowest BCUT2D eigenvalue weighted by Gasteiger charge is -2.05. The SMILES string of the molecule is Cl.NC/C(=C\c1ccc(O)c(O)c1)C(=O)OC/C=C/c1ccccc1. The first kappa shape index (κ1) is 20.3. The Balaban J connectivity index is 0.00000312. The number of halogens is 1. The Morgan fingerprint density at radius 2 is 1.76 bits per heavy atom. The second-order valence-electron chi connectivity index (χ2n) is 5.03. The number of carbonyl (C=O) groups excluding carboxylic acids is 1. The van der Waals surface area contributed by atoms with Gasteiger partial charge in [0.15, 0.2) is 11.5 Å². The average Bonchev–Trinajstić information content (AvgIpc) is 2.60. The van der Waals surface area contributed by atoms with Gasteiger partial charge in [-0.1, -0.05) is 42.5 Å². The third-order valence-corrected chi connectivity index (χ3v) is 3.24. The first-order chi connectivity index (χ1) is 11.6. The zero-order valence-corrected chi connectivity index (χ0v) is 14.3. The summed E-state index contributed by atoms with van der Waals surface area (Å²) in [5, 5.41) is 18.8. The van der Waals surface area contributed by atoms with Crippen molar-refractivity contribution in [2.24, 2.45) is 5.73 Å². The molecule has 0 amide bonds. The van der Waals surface area contributed by atoms with Crippen LogP contribution in [0.1, 0.15) is 11.1 Å². The fourth-order valence-electron chi connectivity index (χ4n) is 2.00. The van der Waals surface area contributed by atoms with E-state index in [2.05, 4.69) is 0 Å². The number of ether oxygens (including phenoxy) is 1. The van der Waals surface area contributed by atoms with E-state index >= 15 is 0 Å². The van der Waals surface area contributed by atoms with Gasteiger partial charge in [-0.25, -0.2) is 4.79 Å². The second-order valence-corrected chi connectivity index (χ2v) is 5.03. The molecule has 0 radical (unpaired) electrons. The standard InChI is InChI=1S/C19H19NO4.ClH/c20-13-16(11-15-8-9-17(21)18(22)12-15)19(23)24-10-4-7-14-5-2-1-3-6-14;/h1-9,11-12,21-22H,10,13,20H2;1H/b7-4+,16-11+;. The van der Waals surface area contributed by atoms with Gasteiger partial charge in [0.2, 0.25) is 0 Å². The Labute approximate surface area is 152 Å². The zero-order chi connectivity index (χ0) is 17.4. The van der Waals surface area contributed by atoms with Gasteiger partial charge in [0.25, 0.3) is 0 Å². The number of nitrogens with two attached hydrogens (primary N) is 1. The van der Waals surface area contributed by atoms with Crippen molar-refractivity contribution in [3.05, 3.63) is 71.3 Å². The third kappa shape index (κ3) is 6.33. The van der Waals surface area contributed by atoms with Crippen LogP contribution in [-0.2, 0) is 9.53 Å². The molecular formula is C19H20ClNO4. The summed E-state index contributed by atoms with van der Waals surface area (Å²) in [4.78, 5) is 12.0. The van der Waals surface area contributed by atoms with Gasteiger partial charge in [-0.3, -0.25) is 0 Å². The zero-order valence-electron chi connectivity index (χ0n) is 13.5. The molecule has 25 heavy (non-hydrogen) atoms. The molecule has 2 rings (SSSR count). The molecule has 0 spiro atoms. The van der Waals surface area contributed by atoms with Crippen molar-refractivity contribution < 1.29 is 19.7 Å². The number of benzene rings is 2. The number of hydrogen-bond acceptors (Lipinski definition) is 5. The van der Waals surface area contributed by atoms with E-state index < -0.39 is 5.97 Å². The minimum Gasteiger partial charge on any atom is -0.504 e. The molecule has 132 valence electrons. The predicted octanol–water partition coefficient (Wildman–Crippen LogP) is 3.12. The van der Waals surface area contributed by atoms with E-state index in [4.69, 9.17) is 10.5 Å². The van der Waals surface area contributed by atoms with Crippen LogP contribution in [0, 0.1) is 0 Å². The number of aromatic hydroxyl groups is 2. The highest BCUT2D eigenvalue weighted by atomic mass is 35.5. The van der Waals surface area contributed by atoms with Crippen molar-refractivity contribution in [2.75, 3.05) is 13.2 Å². The maximum Gasteiger partial charge on any atom is 0.335 e. The smallest absolute Gasteiger partial charge is 0.335 e. The van der Waals surface area contributed by atoms with Crippen LogP contribution in [0.2, 0.25) is 0 Å². The monoisotopic (exact) mass is 361 g/mol. The van der Waals surface area contributed by atoms with Gasteiger partial charge in [0, 0.05) is 6.54 Å². The van der Waals surface area contributed by atoms with Crippen LogP contribution in [0.5, 0.6) is 11.5 Å². The molecule has 0 aromatic heterocycles. The normalized spacial score (nSPS) is 11.2. The van der Waals surface area contributed by atoms with E-state index in [1.165, 1.54) is 18.2 Å². The highest BCUT2D eigenvalue weighted by Gasteiger charge is 2.09. The lowest BCUT2D eigenvalue weighted by molar-refractivity contribution is -0.137. The fourth-order valence-corrected chi connectivity index (χ4v) is 2.00. The van der Waals surface area contributed by atoms with E-state index in [9.17, 15) is 15.0 Å². The minimum atomic E-state index is -0.525. The van der Waals surface area contributed by atoms with Crippen molar-refractivity contribution in [2.45, 2.75) is 0 Å². The number of carbonyl (C=O) groups is 1. The van der Waals surface area contributed by atoms with Gasteiger partial charge in [-0.15, -0.1) is 12.4 Å². The molecule has 0 saturated heterocycles. The van der Waals surface area contributed by atoms with Gasteiger partial charge < -0.3 is 20.7 Å². The molecular weight excluding hydrogens is 342 g/mol. The molecule has 0 bridgehead atoms. The summed E-state index contributed by atoms with van der Waals surface area (Å²) in [6.07, 6.45) is 5.12. The van der Waals surface area contributed by atoms with Gasteiger partial charge in [-0.05, 0) is 35.4 Å². The molecule has 0 aliphatic rings. The lowest BCUT2D eigenvalue weighted by Crippen LogP contribution is -2.15. The Morgan fingerprint density at radius 1 is 1.04 bits per heavy atom. The lowest BCUT2D eigenvalue weighted by atomic mass is 10.1. The van der Waals surface area contributed by atoms with E-state index in [-0.39, 0.29) is 42.6 Å². The van der Waals surface area contributed by atoms with Crippen LogP contribution < -0.4 is 5.73 Å². The summed E-state index contributed by atoms with van der Waals surface area (Å²) < 4.78 is 5.16. The average molecular weight is 362 g/mol. The predicted molar refractivity (Wildman–Crippen MR) is 100 cm³/mol. The largest absolute Gasteiger partial charge is 0.504 e. The molecule has 0 aliphatic heterocycles. The molecule has 0 atom stereocenters. The van der Waals surface area contributed by atoms with E-state index in [1.807, 2.05) is 36.4 Å². The third-order valence-electron chi connectivity index (χ3n) is 3.24. The Hall–Kier alpha value is -2.76. The van der Waals surface area contributed by atoms with Crippen molar-refractivity contribution >= 4 is 30.5 Å². The van der Waals surface area contributed by atoms with Gasteiger partial charge in [0.05, 0.1) is 5.57 Å². The summed E-state index contributed by atoms with van der Waals surface area (Å²) in [7, 11) is 0. The van der Waals surface area contributed by atoms with Crippen LogP contribution >= 0.6 is 12.4 Å². The number of esters is 1. The Bertz CT molecular complexity index is 757. The van der Waals surface area contributed by atoms with Crippen LogP contribution in [0.25, 0.3) is 12.2 Å². The maximum atomic E-state index is 12.0. The summed E-state index contributed by atoms with van der Waals surface area (Å²) in [5.74, 6) is -1.02. The summed E-state index contributed by atoms with van der Waals surface area (Å²) in [6.45, 7) is 0.134. The fraction of sp³-hybridized carbons (Fsp3) is 0.105. The van der Waals surface area contributed by atoms with Crippen LogP contribution in [0.15, 0.2) is 60.2 Å². The maximum absolute atomic E-state index is 12.0.